The van der Waals surface area contributed by atoms with Gasteiger partial charge < -0.3 is 9.84 Å². The standard InChI is InChI=1S/C20H19NO3S2/c1-3-18(22)17-10-5-4-7-14(17)12-24-16-9-6-8-15(11-16)21-19(23)13(2)26-20(21)25/h4-11,18,22H,2-3,12H2,1H3. The molecule has 0 saturated carbocycles. The number of aliphatic hydroxyl groups is 1. The van der Waals surface area contributed by atoms with Crippen molar-refractivity contribution in [3.05, 3.63) is 71.1 Å². The fourth-order valence-electron chi connectivity index (χ4n) is 2.71. The van der Waals surface area contributed by atoms with Gasteiger partial charge >= 0.3 is 0 Å². The van der Waals surface area contributed by atoms with Crippen LogP contribution in [0.3, 0.4) is 0 Å². The van der Waals surface area contributed by atoms with Crippen molar-refractivity contribution in [2.24, 2.45) is 0 Å². The predicted molar refractivity (Wildman–Crippen MR) is 109 cm³/mol. The minimum Gasteiger partial charge on any atom is -0.489 e. The highest BCUT2D eigenvalue weighted by Crippen LogP contribution is 2.35. The quantitative estimate of drug-likeness (QED) is 0.582. The Morgan fingerprint density at radius 1 is 1.27 bits per heavy atom. The number of amides is 1. The number of ether oxygens (including phenoxy) is 1. The molecule has 6 heteroatoms. The van der Waals surface area contributed by atoms with Gasteiger partial charge in [-0.2, -0.15) is 0 Å². The molecule has 3 rings (SSSR count). The second-order valence-electron chi connectivity index (χ2n) is 5.84. The van der Waals surface area contributed by atoms with Crippen LogP contribution in [-0.2, 0) is 11.4 Å². The van der Waals surface area contributed by atoms with E-state index >= 15 is 0 Å². The highest BCUT2D eigenvalue weighted by atomic mass is 32.2. The first-order valence-electron chi connectivity index (χ1n) is 8.25. The van der Waals surface area contributed by atoms with Crippen LogP contribution < -0.4 is 9.64 Å². The minimum atomic E-state index is -0.510. The predicted octanol–water partition coefficient (Wildman–Crippen LogP) is 4.59. The van der Waals surface area contributed by atoms with Crippen molar-refractivity contribution in [2.75, 3.05) is 4.90 Å². The molecule has 2 aromatic carbocycles. The molecule has 0 radical (unpaired) electrons. The zero-order valence-electron chi connectivity index (χ0n) is 14.3. The number of carbonyl (C=O) groups is 1. The fourth-order valence-corrected chi connectivity index (χ4v) is 3.87. The Balaban J connectivity index is 1.78. The van der Waals surface area contributed by atoms with Crippen LogP contribution in [0.25, 0.3) is 0 Å². The van der Waals surface area contributed by atoms with Crippen LogP contribution in [0, 0.1) is 0 Å². The lowest BCUT2D eigenvalue weighted by Crippen LogP contribution is -2.27. The summed E-state index contributed by atoms with van der Waals surface area (Å²) in [7, 11) is 0. The third-order valence-electron chi connectivity index (χ3n) is 4.11. The molecule has 1 atom stereocenters. The van der Waals surface area contributed by atoms with Crippen LogP contribution >= 0.6 is 24.0 Å². The number of hydrogen-bond donors (Lipinski definition) is 1. The summed E-state index contributed by atoms with van der Waals surface area (Å²) in [5.74, 6) is 0.426. The van der Waals surface area contributed by atoms with E-state index in [4.69, 9.17) is 17.0 Å². The Morgan fingerprint density at radius 2 is 2.04 bits per heavy atom. The summed E-state index contributed by atoms with van der Waals surface area (Å²) in [5.41, 5.74) is 2.46. The molecule has 4 nitrogen and oxygen atoms in total. The van der Waals surface area contributed by atoms with Crippen LogP contribution in [0.5, 0.6) is 5.75 Å². The average molecular weight is 386 g/mol. The summed E-state index contributed by atoms with van der Waals surface area (Å²) in [6.07, 6.45) is 0.131. The van der Waals surface area contributed by atoms with Gasteiger partial charge in [-0.1, -0.05) is 67.8 Å². The largest absolute Gasteiger partial charge is 0.489 e. The Morgan fingerprint density at radius 3 is 2.73 bits per heavy atom. The zero-order chi connectivity index (χ0) is 18.7. The van der Waals surface area contributed by atoms with Gasteiger partial charge in [-0.05, 0) is 29.7 Å². The third-order valence-corrected chi connectivity index (χ3v) is 5.32. The van der Waals surface area contributed by atoms with Gasteiger partial charge in [0.05, 0.1) is 16.7 Å². The molecule has 26 heavy (non-hydrogen) atoms. The molecule has 1 fully saturated rings. The molecule has 1 heterocycles. The zero-order valence-corrected chi connectivity index (χ0v) is 16.0. The fraction of sp³-hybridized carbons (Fsp3) is 0.200. The summed E-state index contributed by atoms with van der Waals surface area (Å²) in [4.78, 5) is 14.1. The number of hydrogen-bond acceptors (Lipinski definition) is 5. The van der Waals surface area contributed by atoms with Crippen molar-refractivity contribution in [2.45, 2.75) is 26.1 Å². The molecule has 0 aromatic heterocycles. The average Bonchev–Trinajstić information content (AvgIpc) is 2.91. The van der Waals surface area contributed by atoms with Gasteiger partial charge in [0.1, 0.15) is 12.4 Å². The van der Waals surface area contributed by atoms with Gasteiger partial charge in [-0.25, -0.2) is 0 Å². The maximum absolute atomic E-state index is 12.2. The lowest BCUT2D eigenvalue weighted by molar-refractivity contribution is -0.113. The number of benzene rings is 2. The monoisotopic (exact) mass is 385 g/mol. The molecule has 1 N–H and O–H groups in total. The van der Waals surface area contributed by atoms with Crippen LogP contribution in [0.15, 0.2) is 60.0 Å². The van der Waals surface area contributed by atoms with E-state index < -0.39 is 6.10 Å². The maximum atomic E-state index is 12.2. The molecule has 1 aliphatic heterocycles. The molecule has 0 bridgehead atoms. The van der Waals surface area contributed by atoms with E-state index in [-0.39, 0.29) is 5.91 Å². The SMILES string of the molecule is C=C1SC(=S)N(c2cccc(OCc3ccccc3C(O)CC)c2)C1=O. The van der Waals surface area contributed by atoms with E-state index in [1.807, 2.05) is 49.4 Å². The van der Waals surface area contributed by atoms with Crippen LogP contribution in [-0.4, -0.2) is 15.3 Å². The summed E-state index contributed by atoms with van der Waals surface area (Å²) in [6, 6.07) is 14.9. The number of nitrogens with zero attached hydrogens (tertiary/aromatic N) is 1. The molecule has 134 valence electrons. The first-order valence-corrected chi connectivity index (χ1v) is 9.47. The highest BCUT2D eigenvalue weighted by Gasteiger charge is 2.32. The number of anilines is 1. The first-order chi connectivity index (χ1) is 12.5. The van der Waals surface area contributed by atoms with Gasteiger partial charge in [-0.15, -0.1) is 0 Å². The van der Waals surface area contributed by atoms with E-state index in [1.54, 1.807) is 6.07 Å². The summed E-state index contributed by atoms with van der Waals surface area (Å²) in [6.45, 7) is 5.99. The lowest BCUT2D eigenvalue weighted by atomic mass is 10.0. The van der Waals surface area contributed by atoms with Crippen molar-refractivity contribution in [3.63, 3.8) is 0 Å². The second-order valence-corrected chi connectivity index (χ2v) is 7.57. The molecule has 0 spiro atoms. The molecule has 1 amide bonds. The van der Waals surface area contributed by atoms with E-state index in [2.05, 4.69) is 6.58 Å². The number of carbonyl (C=O) groups excluding carboxylic acids is 1. The van der Waals surface area contributed by atoms with Crippen LogP contribution in [0.1, 0.15) is 30.6 Å². The summed E-state index contributed by atoms with van der Waals surface area (Å²) >= 11 is 6.46. The molecule has 1 unspecified atom stereocenters. The Kier molecular flexibility index (Phi) is 5.76. The third kappa shape index (κ3) is 3.82. The van der Waals surface area contributed by atoms with E-state index in [1.165, 1.54) is 16.7 Å². The van der Waals surface area contributed by atoms with Gasteiger partial charge in [0, 0.05) is 6.07 Å². The lowest BCUT2D eigenvalue weighted by Gasteiger charge is -2.17. The topological polar surface area (TPSA) is 49.8 Å². The van der Waals surface area contributed by atoms with Gasteiger partial charge in [0.25, 0.3) is 5.91 Å². The minimum absolute atomic E-state index is 0.200. The first kappa shape index (κ1) is 18.6. The number of aliphatic hydroxyl groups excluding tert-OH is 1. The summed E-state index contributed by atoms with van der Waals surface area (Å²) < 4.78 is 6.37. The molecular weight excluding hydrogens is 366 g/mol. The van der Waals surface area contributed by atoms with Crippen LogP contribution in [0.2, 0.25) is 0 Å². The highest BCUT2D eigenvalue weighted by molar-refractivity contribution is 8.27. The molecule has 1 saturated heterocycles. The van der Waals surface area contributed by atoms with Gasteiger partial charge in [0.15, 0.2) is 4.32 Å². The Bertz CT molecular complexity index is 866. The van der Waals surface area contributed by atoms with Crippen LogP contribution in [0.4, 0.5) is 5.69 Å². The molecule has 1 aliphatic rings. The van der Waals surface area contributed by atoms with Gasteiger partial charge in [-0.3, -0.25) is 9.69 Å². The van der Waals surface area contributed by atoms with Crippen molar-refractivity contribution < 1.29 is 14.6 Å². The second kappa shape index (κ2) is 8.03. The molecule has 0 aliphatic carbocycles. The molecular formula is C20H19NO3S2. The van der Waals surface area contributed by atoms with Gasteiger partial charge in [0.2, 0.25) is 0 Å². The maximum Gasteiger partial charge on any atom is 0.270 e. The number of thiocarbonyl (C=S) groups is 1. The van der Waals surface area contributed by atoms with E-state index in [9.17, 15) is 9.90 Å². The van der Waals surface area contributed by atoms with Crippen molar-refractivity contribution in [3.8, 4) is 5.75 Å². The Hall–Kier alpha value is -2.15. The normalized spacial score (nSPS) is 15.5. The number of thioether (sulfide) groups is 1. The summed E-state index contributed by atoms with van der Waals surface area (Å²) in [5, 5.41) is 10.2. The molecule has 2 aromatic rings. The smallest absolute Gasteiger partial charge is 0.270 e. The van der Waals surface area contributed by atoms with Crippen molar-refractivity contribution in [1.29, 1.82) is 0 Å². The number of rotatable bonds is 6. The van der Waals surface area contributed by atoms with E-state index in [0.29, 0.717) is 33.7 Å². The Labute approximate surface area is 162 Å². The van der Waals surface area contributed by atoms with E-state index in [0.717, 1.165) is 11.1 Å². The van der Waals surface area contributed by atoms with Crippen molar-refractivity contribution >= 4 is 39.9 Å². The van der Waals surface area contributed by atoms with Crippen molar-refractivity contribution in [1.82, 2.24) is 0 Å².